The number of halogens is 2. The van der Waals surface area contributed by atoms with Crippen molar-refractivity contribution in [1.82, 2.24) is 5.32 Å². The van der Waals surface area contributed by atoms with E-state index in [4.69, 9.17) is 0 Å². The van der Waals surface area contributed by atoms with E-state index in [1.807, 2.05) is 7.05 Å². The molecule has 0 atom stereocenters. The van der Waals surface area contributed by atoms with Gasteiger partial charge in [-0.25, -0.2) is 8.78 Å². The number of benzene rings is 1. The number of ether oxygens (including phenoxy) is 1. The first kappa shape index (κ1) is 12.5. The highest BCUT2D eigenvalue weighted by atomic mass is 19.1. The van der Waals surface area contributed by atoms with Crippen LogP contribution < -0.4 is 10.1 Å². The van der Waals surface area contributed by atoms with E-state index in [2.05, 4.69) is 21.9 Å². The topological polar surface area (TPSA) is 21.3 Å². The fraction of sp³-hybridized carbons (Fsp3) is 0.333. The molecule has 0 aromatic heterocycles. The molecule has 0 radical (unpaired) electrons. The molecule has 1 aromatic carbocycles. The lowest BCUT2D eigenvalue weighted by molar-refractivity contribution is 0.359. The lowest BCUT2D eigenvalue weighted by atomic mass is 10.2. The summed E-state index contributed by atoms with van der Waals surface area (Å²) in [6.45, 7) is 0.744. The summed E-state index contributed by atoms with van der Waals surface area (Å²) in [6.07, 6.45) is 0.631. The van der Waals surface area contributed by atoms with Crippen LogP contribution in [0, 0.1) is 23.5 Å². The lowest BCUT2D eigenvalue weighted by Crippen LogP contribution is -2.05. The van der Waals surface area contributed by atoms with Gasteiger partial charge in [0.1, 0.15) is 0 Å². The smallest absolute Gasteiger partial charge is 0.190 e. The Hall–Kier alpha value is -1.60. The number of rotatable bonds is 3. The van der Waals surface area contributed by atoms with Gasteiger partial charge < -0.3 is 10.1 Å². The van der Waals surface area contributed by atoms with Gasteiger partial charge in [-0.15, -0.1) is 0 Å². The van der Waals surface area contributed by atoms with Gasteiger partial charge in [-0.2, -0.15) is 0 Å². The van der Waals surface area contributed by atoms with E-state index in [0.717, 1.165) is 18.7 Å². The van der Waals surface area contributed by atoms with Gasteiger partial charge in [0.05, 0.1) is 7.11 Å². The van der Waals surface area contributed by atoms with Gasteiger partial charge in [0, 0.05) is 18.5 Å². The molecule has 1 N–H and O–H groups in total. The minimum Gasteiger partial charge on any atom is -0.491 e. The molecule has 0 fully saturated rings. The molecule has 0 bridgehead atoms. The van der Waals surface area contributed by atoms with Gasteiger partial charge in [-0.05, 0) is 19.2 Å². The number of methoxy groups -OCH3 is 1. The summed E-state index contributed by atoms with van der Waals surface area (Å²) in [5.74, 6) is 3.65. The molecule has 0 spiro atoms. The SMILES string of the molecule is CNCCC#Cc1cc(F)c(OC)c(F)c1. The third kappa shape index (κ3) is 3.21. The van der Waals surface area contributed by atoms with Crippen molar-refractivity contribution in [2.45, 2.75) is 6.42 Å². The number of hydrogen-bond acceptors (Lipinski definition) is 2. The molecule has 0 aliphatic heterocycles. The van der Waals surface area contributed by atoms with Crippen molar-refractivity contribution in [1.29, 1.82) is 0 Å². The maximum Gasteiger partial charge on any atom is 0.190 e. The van der Waals surface area contributed by atoms with Crippen LogP contribution in [0.3, 0.4) is 0 Å². The zero-order chi connectivity index (χ0) is 12.0. The monoisotopic (exact) mass is 225 g/mol. The second-order valence-corrected chi connectivity index (χ2v) is 3.13. The third-order valence-corrected chi connectivity index (χ3v) is 1.94. The fourth-order valence-corrected chi connectivity index (χ4v) is 1.18. The molecule has 1 rings (SSSR count). The first-order valence-electron chi connectivity index (χ1n) is 4.85. The predicted octanol–water partition coefficient (Wildman–Crippen LogP) is 1.93. The van der Waals surface area contributed by atoms with Gasteiger partial charge in [0.25, 0.3) is 0 Å². The Labute approximate surface area is 93.6 Å². The molecule has 0 unspecified atom stereocenters. The molecular weight excluding hydrogens is 212 g/mol. The number of hydrogen-bond donors (Lipinski definition) is 1. The first-order chi connectivity index (χ1) is 7.69. The molecule has 4 heteroatoms. The minimum atomic E-state index is -0.736. The Kier molecular flexibility index (Phi) is 4.74. The summed E-state index contributed by atoms with van der Waals surface area (Å²) >= 11 is 0. The molecule has 16 heavy (non-hydrogen) atoms. The Bertz CT molecular complexity index is 398. The molecule has 0 amide bonds. The molecule has 0 saturated heterocycles. The largest absolute Gasteiger partial charge is 0.491 e. The quantitative estimate of drug-likeness (QED) is 0.627. The van der Waals surface area contributed by atoms with Crippen molar-refractivity contribution >= 4 is 0 Å². The van der Waals surface area contributed by atoms with Gasteiger partial charge in [-0.3, -0.25) is 0 Å². The van der Waals surface area contributed by atoms with E-state index < -0.39 is 11.6 Å². The number of nitrogens with one attached hydrogen (secondary N) is 1. The lowest BCUT2D eigenvalue weighted by Gasteiger charge is -2.03. The Morgan fingerprint density at radius 1 is 1.31 bits per heavy atom. The van der Waals surface area contributed by atoms with Crippen molar-refractivity contribution in [2.75, 3.05) is 20.7 Å². The molecular formula is C12H13F2NO. The average Bonchev–Trinajstić information content (AvgIpc) is 2.24. The second kappa shape index (κ2) is 6.09. The maximum atomic E-state index is 13.2. The zero-order valence-corrected chi connectivity index (χ0v) is 9.23. The highest BCUT2D eigenvalue weighted by Crippen LogP contribution is 2.22. The van der Waals surface area contributed by atoms with Crippen molar-refractivity contribution in [3.05, 3.63) is 29.3 Å². The van der Waals surface area contributed by atoms with E-state index in [0.29, 0.717) is 12.0 Å². The van der Waals surface area contributed by atoms with E-state index in [9.17, 15) is 8.78 Å². The highest BCUT2D eigenvalue weighted by Gasteiger charge is 2.10. The van der Waals surface area contributed by atoms with Crippen LogP contribution in [-0.2, 0) is 0 Å². The van der Waals surface area contributed by atoms with E-state index in [1.54, 1.807) is 0 Å². The maximum absolute atomic E-state index is 13.2. The van der Waals surface area contributed by atoms with Crippen LogP contribution in [0.4, 0.5) is 8.78 Å². The molecule has 2 nitrogen and oxygen atoms in total. The predicted molar refractivity (Wildman–Crippen MR) is 58.3 cm³/mol. The Balaban J connectivity index is 2.86. The van der Waals surface area contributed by atoms with Gasteiger partial charge in [0.2, 0.25) is 0 Å². The van der Waals surface area contributed by atoms with Crippen LogP contribution in [0.1, 0.15) is 12.0 Å². The van der Waals surface area contributed by atoms with Gasteiger partial charge in [0.15, 0.2) is 17.4 Å². The molecule has 86 valence electrons. The molecule has 1 aromatic rings. The van der Waals surface area contributed by atoms with E-state index in [1.165, 1.54) is 7.11 Å². The summed E-state index contributed by atoms with van der Waals surface area (Å²) in [5, 5.41) is 2.92. The molecule has 0 heterocycles. The van der Waals surface area contributed by atoms with Crippen molar-refractivity contribution in [3.63, 3.8) is 0 Å². The normalized spacial score (nSPS) is 9.50. The highest BCUT2D eigenvalue weighted by molar-refractivity contribution is 5.40. The molecule has 0 aliphatic carbocycles. The van der Waals surface area contributed by atoms with Crippen LogP contribution in [0.25, 0.3) is 0 Å². The van der Waals surface area contributed by atoms with Crippen molar-refractivity contribution in [3.8, 4) is 17.6 Å². The van der Waals surface area contributed by atoms with Crippen LogP contribution in [-0.4, -0.2) is 20.7 Å². The van der Waals surface area contributed by atoms with Gasteiger partial charge in [-0.1, -0.05) is 11.8 Å². The summed E-state index contributed by atoms with van der Waals surface area (Å²) in [4.78, 5) is 0. The van der Waals surface area contributed by atoms with E-state index in [-0.39, 0.29) is 5.75 Å². The first-order valence-corrected chi connectivity index (χ1v) is 4.85. The van der Waals surface area contributed by atoms with Crippen LogP contribution in [0.5, 0.6) is 5.75 Å². The summed E-state index contributed by atoms with van der Waals surface area (Å²) in [5.41, 5.74) is 0.312. The second-order valence-electron chi connectivity index (χ2n) is 3.13. The van der Waals surface area contributed by atoms with Crippen molar-refractivity contribution < 1.29 is 13.5 Å². The summed E-state index contributed by atoms with van der Waals surface area (Å²) in [7, 11) is 3.04. The minimum absolute atomic E-state index is 0.312. The Morgan fingerprint density at radius 2 is 1.94 bits per heavy atom. The third-order valence-electron chi connectivity index (χ3n) is 1.94. The standard InChI is InChI=1S/C12H13F2NO/c1-15-6-4-3-5-9-7-10(13)12(16-2)11(14)8-9/h7-8,15H,4,6H2,1-2H3. The van der Waals surface area contributed by atoms with Crippen LogP contribution in [0.2, 0.25) is 0 Å². The molecule has 0 saturated carbocycles. The van der Waals surface area contributed by atoms with Crippen LogP contribution in [0.15, 0.2) is 12.1 Å². The summed E-state index contributed by atoms with van der Waals surface area (Å²) in [6, 6.07) is 2.32. The van der Waals surface area contributed by atoms with Crippen LogP contribution >= 0.6 is 0 Å². The average molecular weight is 225 g/mol. The van der Waals surface area contributed by atoms with Gasteiger partial charge >= 0.3 is 0 Å². The zero-order valence-electron chi connectivity index (χ0n) is 9.23. The molecule has 0 aliphatic rings. The van der Waals surface area contributed by atoms with E-state index >= 15 is 0 Å². The Morgan fingerprint density at radius 3 is 2.44 bits per heavy atom. The summed E-state index contributed by atoms with van der Waals surface area (Å²) < 4.78 is 31.0. The fourth-order valence-electron chi connectivity index (χ4n) is 1.18. The van der Waals surface area contributed by atoms with Crippen molar-refractivity contribution in [2.24, 2.45) is 0 Å².